The first-order valence-corrected chi connectivity index (χ1v) is 5.71. The van der Waals surface area contributed by atoms with Gasteiger partial charge in [-0.1, -0.05) is 37.6 Å². The predicted molar refractivity (Wildman–Crippen MR) is 67.6 cm³/mol. The van der Waals surface area contributed by atoms with E-state index >= 15 is 0 Å². The molecule has 0 radical (unpaired) electrons. The molecular formula is C14H18N2. The van der Waals surface area contributed by atoms with Gasteiger partial charge in [0.1, 0.15) is 0 Å². The highest BCUT2D eigenvalue weighted by atomic mass is 15.1. The van der Waals surface area contributed by atoms with Crippen molar-refractivity contribution in [3.05, 3.63) is 41.1 Å². The Hall–Kier alpha value is -1.57. The van der Waals surface area contributed by atoms with Crippen molar-refractivity contribution >= 4 is 0 Å². The van der Waals surface area contributed by atoms with E-state index in [1.54, 1.807) is 0 Å². The predicted octanol–water partition coefficient (Wildman–Crippen LogP) is 3.82. The van der Waals surface area contributed by atoms with Crippen LogP contribution in [0.25, 0.3) is 11.3 Å². The number of aromatic amines is 1. The summed E-state index contributed by atoms with van der Waals surface area (Å²) in [5.41, 5.74) is 6.02. The van der Waals surface area contributed by atoms with Crippen LogP contribution in [-0.4, -0.2) is 10.2 Å². The number of H-pyrrole nitrogens is 1. The monoisotopic (exact) mass is 214 g/mol. The third-order valence-electron chi connectivity index (χ3n) is 2.88. The van der Waals surface area contributed by atoms with Gasteiger partial charge in [0.25, 0.3) is 0 Å². The lowest BCUT2D eigenvalue weighted by Crippen LogP contribution is -1.85. The molecule has 0 amide bonds. The molecular weight excluding hydrogens is 196 g/mol. The fourth-order valence-corrected chi connectivity index (χ4v) is 1.87. The summed E-state index contributed by atoms with van der Waals surface area (Å²) in [5, 5.41) is 7.47. The molecule has 1 aromatic carbocycles. The van der Waals surface area contributed by atoms with Gasteiger partial charge in [0, 0.05) is 11.3 Å². The minimum Gasteiger partial charge on any atom is -0.282 e. The molecule has 0 spiro atoms. The molecule has 0 aliphatic rings. The Morgan fingerprint density at radius 2 is 1.88 bits per heavy atom. The molecule has 0 aliphatic carbocycles. The molecule has 1 heterocycles. The number of hydrogen-bond donors (Lipinski definition) is 1. The van der Waals surface area contributed by atoms with E-state index in [1.807, 2.05) is 0 Å². The van der Waals surface area contributed by atoms with E-state index in [2.05, 4.69) is 62.2 Å². The lowest BCUT2D eigenvalue weighted by molar-refractivity contribution is 0.811. The molecule has 0 unspecified atom stereocenters. The molecule has 2 heteroatoms. The van der Waals surface area contributed by atoms with Gasteiger partial charge in [0.15, 0.2) is 0 Å². The van der Waals surface area contributed by atoms with Crippen LogP contribution in [0, 0.1) is 13.8 Å². The molecule has 84 valence electrons. The summed E-state index contributed by atoms with van der Waals surface area (Å²) >= 11 is 0. The van der Waals surface area contributed by atoms with Crippen molar-refractivity contribution in [2.75, 3.05) is 0 Å². The molecule has 2 rings (SSSR count). The average Bonchev–Trinajstić information content (AvgIpc) is 2.66. The zero-order valence-electron chi connectivity index (χ0n) is 10.3. The number of benzene rings is 1. The molecule has 16 heavy (non-hydrogen) atoms. The van der Waals surface area contributed by atoms with Gasteiger partial charge in [-0.25, -0.2) is 0 Å². The largest absolute Gasteiger partial charge is 0.282 e. The summed E-state index contributed by atoms with van der Waals surface area (Å²) in [7, 11) is 0. The Bertz CT molecular complexity index is 495. The number of nitrogens with one attached hydrogen (secondary N) is 1. The van der Waals surface area contributed by atoms with E-state index in [0.717, 1.165) is 5.69 Å². The maximum Gasteiger partial charge on any atom is 0.0926 e. The van der Waals surface area contributed by atoms with Gasteiger partial charge in [-0.2, -0.15) is 5.10 Å². The fourth-order valence-electron chi connectivity index (χ4n) is 1.87. The van der Waals surface area contributed by atoms with E-state index in [-0.39, 0.29) is 0 Å². The van der Waals surface area contributed by atoms with Crippen LogP contribution in [0.4, 0.5) is 0 Å². The summed E-state index contributed by atoms with van der Waals surface area (Å²) < 4.78 is 0. The second-order valence-corrected chi connectivity index (χ2v) is 4.68. The Kier molecular flexibility index (Phi) is 2.82. The van der Waals surface area contributed by atoms with E-state index in [0.29, 0.717) is 5.92 Å². The van der Waals surface area contributed by atoms with Gasteiger partial charge in [-0.3, -0.25) is 5.10 Å². The van der Waals surface area contributed by atoms with Crippen molar-refractivity contribution in [1.82, 2.24) is 10.2 Å². The fraction of sp³-hybridized carbons (Fsp3) is 0.357. The minimum absolute atomic E-state index is 0.493. The van der Waals surface area contributed by atoms with Crippen LogP contribution >= 0.6 is 0 Å². The third-order valence-corrected chi connectivity index (χ3v) is 2.88. The van der Waals surface area contributed by atoms with Gasteiger partial charge in [0.05, 0.1) is 5.69 Å². The Morgan fingerprint density at radius 1 is 1.12 bits per heavy atom. The Morgan fingerprint density at radius 3 is 2.44 bits per heavy atom. The smallest absolute Gasteiger partial charge is 0.0926 e. The Balaban J connectivity index is 2.42. The first-order valence-electron chi connectivity index (χ1n) is 5.71. The highest BCUT2D eigenvalue weighted by Crippen LogP contribution is 2.24. The summed E-state index contributed by atoms with van der Waals surface area (Å²) in [6.07, 6.45) is 0. The van der Waals surface area contributed by atoms with Crippen LogP contribution in [0.3, 0.4) is 0 Å². The Labute approximate surface area is 96.7 Å². The van der Waals surface area contributed by atoms with E-state index in [4.69, 9.17) is 0 Å². The molecule has 0 fully saturated rings. The van der Waals surface area contributed by atoms with Crippen molar-refractivity contribution in [3.63, 3.8) is 0 Å². The first-order chi connectivity index (χ1) is 7.58. The maximum atomic E-state index is 4.37. The second kappa shape index (κ2) is 4.12. The molecule has 1 N–H and O–H groups in total. The van der Waals surface area contributed by atoms with E-state index in [9.17, 15) is 0 Å². The summed E-state index contributed by atoms with van der Waals surface area (Å²) in [4.78, 5) is 0. The van der Waals surface area contributed by atoms with Crippen LogP contribution in [-0.2, 0) is 0 Å². The van der Waals surface area contributed by atoms with E-state index in [1.165, 1.54) is 22.4 Å². The highest BCUT2D eigenvalue weighted by molar-refractivity contribution is 5.64. The van der Waals surface area contributed by atoms with Gasteiger partial charge in [0.2, 0.25) is 0 Å². The van der Waals surface area contributed by atoms with Crippen LogP contribution in [0.5, 0.6) is 0 Å². The number of aromatic nitrogens is 2. The van der Waals surface area contributed by atoms with Crippen molar-refractivity contribution in [3.8, 4) is 11.3 Å². The standard InChI is InChI=1S/C14H18N2/c1-9(2)13-8-14(16-15-13)12-6-5-10(3)7-11(12)4/h5-9H,1-4H3,(H,15,16). The lowest BCUT2D eigenvalue weighted by Gasteiger charge is -2.03. The topological polar surface area (TPSA) is 28.7 Å². The number of aryl methyl sites for hydroxylation is 2. The zero-order chi connectivity index (χ0) is 11.7. The molecule has 2 aromatic rings. The normalized spacial score (nSPS) is 11.1. The minimum atomic E-state index is 0.493. The summed E-state index contributed by atoms with van der Waals surface area (Å²) in [6.45, 7) is 8.57. The lowest BCUT2D eigenvalue weighted by atomic mass is 10.0. The number of hydrogen-bond acceptors (Lipinski definition) is 1. The number of rotatable bonds is 2. The molecule has 0 bridgehead atoms. The molecule has 0 saturated carbocycles. The van der Waals surface area contributed by atoms with Crippen molar-refractivity contribution in [2.45, 2.75) is 33.6 Å². The van der Waals surface area contributed by atoms with Crippen LogP contribution < -0.4 is 0 Å². The molecule has 0 atom stereocenters. The van der Waals surface area contributed by atoms with Crippen molar-refractivity contribution in [2.24, 2.45) is 0 Å². The van der Waals surface area contributed by atoms with Crippen LogP contribution in [0.1, 0.15) is 36.6 Å². The number of nitrogens with zero attached hydrogens (tertiary/aromatic N) is 1. The summed E-state index contributed by atoms with van der Waals surface area (Å²) in [6, 6.07) is 8.61. The molecule has 0 saturated heterocycles. The van der Waals surface area contributed by atoms with Crippen LogP contribution in [0.15, 0.2) is 24.3 Å². The van der Waals surface area contributed by atoms with Gasteiger partial charge >= 0.3 is 0 Å². The second-order valence-electron chi connectivity index (χ2n) is 4.68. The average molecular weight is 214 g/mol. The highest BCUT2D eigenvalue weighted by Gasteiger charge is 2.08. The SMILES string of the molecule is Cc1ccc(-c2cc(C(C)C)[nH]n2)c(C)c1. The van der Waals surface area contributed by atoms with Gasteiger partial charge in [-0.15, -0.1) is 0 Å². The quantitative estimate of drug-likeness (QED) is 0.809. The van der Waals surface area contributed by atoms with Crippen molar-refractivity contribution < 1.29 is 0 Å². The molecule has 1 aromatic heterocycles. The third kappa shape index (κ3) is 2.01. The summed E-state index contributed by atoms with van der Waals surface area (Å²) in [5.74, 6) is 0.493. The van der Waals surface area contributed by atoms with Crippen molar-refractivity contribution in [1.29, 1.82) is 0 Å². The zero-order valence-corrected chi connectivity index (χ0v) is 10.3. The molecule has 2 nitrogen and oxygen atoms in total. The van der Waals surface area contributed by atoms with Gasteiger partial charge < -0.3 is 0 Å². The maximum absolute atomic E-state index is 4.37. The first kappa shape index (κ1) is 10.9. The van der Waals surface area contributed by atoms with E-state index < -0.39 is 0 Å². The van der Waals surface area contributed by atoms with Crippen LogP contribution in [0.2, 0.25) is 0 Å². The molecule has 0 aliphatic heterocycles. The van der Waals surface area contributed by atoms with Gasteiger partial charge in [-0.05, 0) is 31.4 Å².